The highest BCUT2D eigenvalue weighted by Gasteiger charge is 2.36. The molecule has 0 aromatic carbocycles. The van der Waals surface area contributed by atoms with Crippen LogP contribution in [0.4, 0.5) is 0 Å². The van der Waals surface area contributed by atoms with Crippen molar-refractivity contribution in [3.05, 3.63) is 17.9 Å². The summed E-state index contributed by atoms with van der Waals surface area (Å²) in [7, 11) is 0. The summed E-state index contributed by atoms with van der Waals surface area (Å²) < 4.78 is 5.32. The van der Waals surface area contributed by atoms with Crippen LogP contribution >= 0.6 is 11.8 Å². The Hall–Kier alpha value is -1.30. The molecular weight excluding hydrogens is 228 g/mol. The van der Waals surface area contributed by atoms with Gasteiger partial charge in [-0.05, 0) is 25.5 Å². The molecule has 0 bridgehead atoms. The molecule has 1 aromatic rings. The number of hydrogen-bond donors (Lipinski definition) is 1. The van der Waals surface area contributed by atoms with Crippen LogP contribution in [0.2, 0.25) is 0 Å². The topological polar surface area (TPSA) is 76.2 Å². The van der Waals surface area contributed by atoms with E-state index in [9.17, 15) is 4.79 Å². The van der Waals surface area contributed by atoms with E-state index in [2.05, 4.69) is 17.1 Å². The second kappa shape index (κ2) is 4.29. The van der Waals surface area contributed by atoms with Crippen LogP contribution in [-0.2, 0) is 9.54 Å². The van der Waals surface area contributed by atoms with E-state index < -0.39 is 5.97 Å². The average molecular weight is 240 g/mol. The van der Waals surface area contributed by atoms with Gasteiger partial charge in [0.25, 0.3) is 0 Å². The second-order valence-electron chi connectivity index (χ2n) is 3.80. The lowest BCUT2D eigenvalue weighted by Crippen LogP contribution is -2.12. The van der Waals surface area contributed by atoms with E-state index in [0.717, 1.165) is 24.7 Å². The molecule has 1 atom stereocenters. The van der Waals surface area contributed by atoms with Gasteiger partial charge in [-0.1, -0.05) is 0 Å². The summed E-state index contributed by atoms with van der Waals surface area (Å²) in [5.41, 5.74) is 0. The van der Waals surface area contributed by atoms with E-state index in [0.29, 0.717) is 5.89 Å². The first-order chi connectivity index (χ1) is 7.60. The Kier molecular flexibility index (Phi) is 3.00. The van der Waals surface area contributed by atoms with E-state index >= 15 is 0 Å². The lowest BCUT2D eigenvalue weighted by atomic mass is 10.1. The quantitative estimate of drug-likeness (QED) is 0.813. The Morgan fingerprint density at radius 1 is 1.62 bits per heavy atom. The molecule has 0 amide bonds. The highest BCUT2D eigenvalue weighted by Crippen LogP contribution is 2.45. The van der Waals surface area contributed by atoms with Gasteiger partial charge >= 0.3 is 5.97 Å². The van der Waals surface area contributed by atoms with Gasteiger partial charge in [-0.15, -0.1) is 22.0 Å². The molecule has 1 aliphatic heterocycles. The van der Waals surface area contributed by atoms with Gasteiger partial charge in [0, 0.05) is 12.2 Å². The zero-order chi connectivity index (χ0) is 11.6. The lowest BCUT2D eigenvalue weighted by molar-refractivity contribution is -0.131. The third-order valence-corrected chi connectivity index (χ3v) is 3.99. The van der Waals surface area contributed by atoms with Crippen LogP contribution in [0.15, 0.2) is 10.5 Å². The normalized spacial score (nSPS) is 25.3. The van der Waals surface area contributed by atoms with Gasteiger partial charge in [-0.3, -0.25) is 0 Å². The Balaban J connectivity index is 2.16. The number of carbonyl (C=O) groups is 1. The summed E-state index contributed by atoms with van der Waals surface area (Å²) >= 11 is 1.80. The summed E-state index contributed by atoms with van der Waals surface area (Å²) in [4.78, 5) is 10.3. The largest absolute Gasteiger partial charge is 0.478 e. The van der Waals surface area contributed by atoms with Gasteiger partial charge in [0.05, 0.1) is 4.75 Å². The third kappa shape index (κ3) is 2.27. The first-order valence-electron chi connectivity index (χ1n) is 4.99. The molecular formula is C10H12N2O3S. The molecule has 0 saturated carbocycles. The maximum Gasteiger partial charge on any atom is 0.328 e. The molecule has 5 nitrogen and oxygen atoms in total. The first kappa shape index (κ1) is 11.2. The van der Waals surface area contributed by atoms with Crippen LogP contribution < -0.4 is 0 Å². The number of hydrogen-bond acceptors (Lipinski definition) is 5. The van der Waals surface area contributed by atoms with Gasteiger partial charge in [-0.25, -0.2) is 4.79 Å². The van der Waals surface area contributed by atoms with Crippen LogP contribution in [-0.4, -0.2) is 27.0 Å². The molecule has 86 valence electrons. The number of carboxylic acid groups (broad SMARTS) is 1. The van der Waals surface area contributed by atoms with Crippen molar-refractivity contribution in [2.24, 2.45) is 0 Å². The molecule has 0 spiro atoms. The van der Waals surface area contributed by atoms with E-state index in [1.807, 2.05) is 0 Å². The van der Waals surface area contributed by atoms with Gasteiger partial charge in [0.1, 0.15) is 0 Å². The molecule has 1 unspecified atom stereocenters. The molecule has 0 radical (unpaired) electrons. The van der Waals surface area contributed by atoms with E-state index in [1.54, 1.807) is 11.8 Å². The Labute approximate surface area is 96.9 Å². The van der Waals surface area contributed by atoms with Crippen molar-refractivity contribution < 1.29 is 14.3 Å². The number of aliphatic carboxylic acids is 1. The summed E-state index contributed by atoms with van der Waals surface area (Å²) in [6.07, 6.45) is 4.45. The maximum atomic E-state index is 10.3. The van der Waals surface area contributed by atoms with Crippen LogP contribution in [0.5, 0.6) is 0 Å². The van der Waals surface area contributed by atoms with Crippen molar-refractivity contribution in [3.63, 3.8) is 0 Å². The minimum absolute atomic E-state index is 0.109. The van der Waals surface area contributed by atoms with Crippen LogP contribution in [0, 0.1) is 0 Å². The minimum atomic E-state index is -1.03. The second-order valence-corrected chi connectivity index (χ2v) is 5.40. The smallest absolute Gasteiger partial charge is 0.328 e. The predicted molar refractivity (Wildman–Crippen MR) is 60.0 cm³/mol. The Morgan fingerprint density at radius 3 is 3.06 bits per heavy atom. The van der Waals surface area contributed by atoms with E-state index in [1.165, 1.54) is 6.08 Å². The van der Waals surface area contributed by atoms with Crippen molar-refractivity contribution in [3.8, 4) is 0 Å². The van der Waals surface area contributed by atoms with Crippen molar-refractivity contribution in [1.29, 1.82) is 0 Å². The van der Waals surface area contributed by atoms with Gasteiger partial charge in [0.15, 0.2) is 0 Å². The van der Waals surface area contributed by atoms with Crippen LogP contribution in [0.3, 0.4) is 0 Å². The molecule has 1 N–H and O–H groups in total. The SMILES string of the molecule is CC1(c2nnc(/C=C/C(=O)O)o2)CCCS1. The Morgan fingerprint density at radius 2 is 2.44 bits per heavy atom. The highest BCUT2D eigenvalue weighted by atomic mass is 32.2. The van der Waals surface area contributed by atoms with E-state index in [-0.39, 0.29) is 10.6 Å². The predicted octanol–water partition coefficient (Wildman–Crippen LogP) is 1.91. The fourth-order valence-electron chi connectivity index (χ4n) is 1.61. The molecule has 2 rings (SSSR count). The molecule has 1 aromatic heterocycles. The zero-order valence-corrected chi connectivity index (χ0v) is 9.66. The number of thioether (sulfide) groups is 1. The monoisotopic (exact) mass is 240 g/mol. The molecule has 1 fully saturated rings. The van der Waals surface area contributed by atoms with Crippen molar-refractivity contribution in [2.75, 3.05) is 5.75 Å². The first-order valence-corrected chi connectivity index (χ1v) is 5.98. The van der Waals surface area contributed by atoms with Gasteiger partial charge < -0.3 is 9.52 Å². The van der Waals surface area contributed by atoms with Crippen molar-refractivity contribution in [1.82, 2.24) is 10.2 Å². The number of carboxylic acids is 1. The summed E-state index contributed by atoms with van der Waals surface area (Å²) in [5.74, 6) is 0.895. The zero-order valence-electron chi connectivity index (χ0n) is 8.84. The fourth-order valence-corrected chi connectivity index (χ4v) is 2.84. The molecule has 0 aliphatic carbocycles. The number of aromatic nitrogens is 2. The number of nitrogens with zero attached hydrogens (tertiary/aromatic N) is 2. The lowest BCUT2D eigenvalue weighted by Gasteiger charge is -2.16. The minimum Gasteiger partial charge on any atom is -0.478 e. The number of rotatable bonds is 3. The van der Waals surface area contributed by atoms with Crippen LogP contribution in [0.25, 0.3) is 6.08 Å². The Bertz CT molecular complexity index is 421. The molecule has 1 aliphatic rings. The van der Waals surface area contributed by atoms with Crippen LogP contribution in [0.1, 0.15) is 31.5 Å². The summed E-state index contributed by atoms with van der Waals surface area (Å²) in [6.45, 7) is 2.07. The molecule has 6 heteroatoms. The van der Waals surface area contributed by atoms with Gasteiger partial charge in [0.2, 0.25) is 11.8 Å². The van der Waals surface area contributed by atoms with Crippen molar-refractivity contribution >= 4 is 23.8 Å². The summed E-state index contributed by atoms with van der Waals surface area (Å²) in [6, 6.07) is 0. The van der Waals surface area contributed by atoms with Crippen molar-refractivity contribution in [2.45, 2.75) is 24.5 Å². The van der Waals surface area contributed by atoms with Gasteiger partial charge in [-0.2, -0.15) is 0 Å². The molecule has 1 saturated heterocycles. The highest BCUT2D eigenvalue weighted by molar-refractivity contribution is 8.00. The fraction of sp³-hybridized carbons (Fsp3) is 0.500. The maximum absolute atomic E-state index is 10.3. The molecule has 2 heterocycles. The van der Waals surface area contributed by atoms with E-state index in [4.69, 9.17) is 9.52 Å². The summed E-state index contributed by atoms with van der Waals surface area (Å²) in [5, 5.41) is 16.2. The third-order valence-electron chi connectivity index (χ3n) is 2.48. The molecule has 16 heavy (non-hydrogen) atoms. The standard InChI is InChI=1S/C10H12N2O3S/c1-10(5-2-6-16-10)9-12-11-7(15-9)3-4-8(13)14/h3-4H,2,5-6H2,1H3,(H,13,14)/b4-3+. The average Bonchev–Trinajstić information content (AvgIpc) is 2.84.